The lowest BCUT2D eigenvalue weighted by molar-refractivity contribution is 0.0739. The van der Waals surface area contributed by atoms with E-state index >= 15 is 0 Å². The van der Waals surface area contributed by atoms with Crippen molar-refractivity contribution in [2.45, 2.75) is 32.9 Å². The minimum absolute atomic E-state index is 0.0746. The number of ether oxygens (including phenoxy) is 1. The Morgan fingerprint density at radius 2 is 1.88 bits per heavy atom. The first-order chi connectivity index (χ1) is 15.6. The van der Waals surface area contributed by atoms with Crippen LogP contribution in [0.3, 0.4) is 0 Å². The summed E-state index contributed by atoms with van der Waals surface area (Å²) in [5.74, 6) is 0.0746. The van der Waals surface area contributed by atoms with E-state index in [9.17, 15) is 9.59 Å². The van der Waals surface area contributed by atoms with Crippen molar-refractivity contribution in [1.29, 1.82) is 0 Å². The summed E-state index contributed by atoms with van der Waals surface area (Å²) >= 11 is 1.60. The number of nitrogens with one attached hydrogen (secondary N) is 2. The predicted octanol–water partition coefficient (Wildman–Crippen LogP) is 4.97. The number of fused-ring (bicyclic) bond motifs is 2. The van der Waals surface area contributed by atoms with Gasteiger partial charge in [0, 0.05) is 35.8 Å². The Labute approximate surface area is 191 Å². The summed E-state index contributed by atoms with van der Waals surface area (Å²) in [4.78, 5) is 29.6. The molecular formula is C25H25N3O3S. The predicted molar refractivity (Wildman–Crippen MR) is 126 cm³/mol. The van der Waals surface area contributed by atoms with Gasteiger partial charge in [-0.25, -0.2) is 4.79 Å². The van der Waals surface area contributed by atoms with Crippen molar-refractivity contribution in [2.24, 2.45) is 0 Å². The zero-order chi connectivity index (χ0) is 22.1. The molecule has 0 atom stereocenters. The molecule has 0 bridgehead atoms. The van der Waals surface area contributed by atoms with Crippen LogP contribution in [0.25, 0.3) is 0 Å². The summed E-state index contributed by atoms with van der Waals surface area (Å²) in [7, 11) is 0. The maximum atomic E-state index is 13.1. The minimum atomic E-state index is -0.271. The highest BCUT2D eigenvalue weighted by molar-refractivity contribution is 7.14. The topological polar surface area (TPSA) is 70.7 Å². The van der Waals surface area contributed by atoms with Crippen molar-refractivity contribution in [3.05, 3.63) is 80.5 Å². The van der Waals surface area contributed by atoms with Crippen molar-refractivity contribution in [1.82, 2.24) is 4.90 Å². The molecule has 1 aromatic heterocycles. The molecule has 6 nitrogen and oxygen atoms in total. The van der Waals surface area contributed by atoms with Gasteiger partial charge in [-0.1, -0.05) is 29.8 Å². The molecule has 5 rings (SSSR count). The fourth-order valence-electron chi connectivity index (χ4n) is 4.23. The highest BCUT2D eigenvalue weighted by Gasteiger charge is 2.26. The molecule has 0 saturated heterocycles. The monoisotopic (exact) mass is 447 g/mol. The molecule has 2 aromatic carbocycles. The van der Waals surface area contributed by atoms with Crippen LogP contribution in [0.15, 0.2) is 48.5 Å². The molecular weight excluding hydrogens is 422 g/mol. The van der Waals surface area contributed by atoms with Crippen LogP contribution in [-0.4, -0.2) is 30.0 Å². The van der Waals surface area contributed by atoms with Crippen molar-refractivity contribution in [3.8, 4) is 0 Å². The molecule has 164 valence electrons. The molecule has 3 aromatic rings. The second-order valence-corrected chi connectivity index (χ2v) is 9.36. The Kier molecular flexibility index (Phi) is 5.68. The number of carbonyl (C=O) groups is 2. The smallest absolute Gasteiger partial charge is 0.323 e. The summed E-state index contributed by atoms with van der Waals surface area (Å²) < 4.78 is 5.51. The number of carbonyl (C=O) groups excluding carboxylic acids is 2. The molecule has 2 N–H and O–H groups in total. The Balaban J connectivity index is 1.28. The van der Waals surface area contributed by atoms with Crippen LogP contribution in [0.2, 0.25) is 0 Å². The van der Waals surface area contributed by atoms with E-state index in [2.05, 4.69) is 10.6 Å². The summed E-state index contributed by atoms with van der Waals surface area (Å²) in [6.07, 6.45) is 1.59. The molecule has 0 fully saturated rings. The van der Waals surface area contributed by atoms with Gasteiger partial charge in [-0.05, 0) is 54.3 Å². The van der Waals surface area contributed by atoms with Gasteiger partial charge >= 0.3 is 6.03 Å². The molecule has 2 aliphatic rings. The molecule has 0 saturated carbocycles. The lowest BCUT2D eigenvalue weighted by atomic mass is 9.97. The zero-order valence-corrected chi connectivity index (χ0v) is 18.8. The first-order valence-corrected chi connectivity index (χ1v) is 11.6. The average molecular weight is 448 g/mol. The summed E-state index contributed by atoms with van der Waals surface area (Å²) in [5.41, 5.74) is 6.00. The maximum absolute atomic E-state index is 13.1. The van der Waals surface area contributed by atoms with Gasteiger partial charge < -0.3 is 20.3 Å². The highest BCUT2D eigenvalue weighted by atomic mass is 32.1. The number of amides is 3. The second kappa shape index (κ2) is 8.76. The van der Waals surface area contributed by atoms with Crippen LogP contribution in [-0.2, 0) is 30.7 Å². The number of hydrogen-bond acceptors (Lipinski definition) is 4. The van der Waals surface area contributed by atoms with Crippen molar-refractivity contribution < 1.29 is 14.3 Å². The number of benzene rings is 2. The molecule has 2 aliphatic heterocycles. The first-order valence-electron chi connectivity index (χ1n) is 10.8. The van der Waals surface area contributed by atoms with Gasteiger partial charge in [0.1, 0.15) is 0 Å². The van der Waals surface area contributed by atoms with Gasteiger partial charge in [-0.15, -0.1) is 11.3 Å². The van der Waals surface area contributed by atoms with Gasteiger partial charge in [-0.3, -0.25) is 4.79 Å². The van der Waals surface area contributed by atoms with Crippen molar-refractivity contribution in [3.63, 3.8) is 0 Å². The molecule has 0 aliphatic carbocycles. The summed E-state index contributed by atoms with van der Waals surface area (Å²) in [6.45, 7) is 4.51. The van der Waals surface area contributed by atoms with Crippen LogP contribution in [0.4, 0.5) is 16.2 Å². The van der Waals surface area contributed by atoms with Gasteiger partial charge in [0.2, 0.25) is 0 Å². The van der Waals surface area contributed by atoms with Gasteiger partial charge in [0.05, 0.1) is 18.1 Å². The van der Waals surface area contributed by atoms with Crippen LogP contribution >= 0.6 is 11.3 Å². The normalized spacial score (nSPS) is 15.0. The molecule has 7 heteroatoms. The Bertz CT molecular complexity index is 1150. The van der Waals surface area contributed by atoms with Crippen molar-refractivity contribution in [2.75, 3.05) is 23.8 Å². The SMILES string of the molecule is Cc1ccc(NC(=O)Nc2cccc3c2CCN(C(=O)c2cc4c(s2)CCOC4)C3)cc1. The zero-order valence-electron chi connectivity index (χ0n) is 17.9. The fraction of sp³-hybridized carbons (Fsp3) is 0.280. The summed E-state index contributed by atoms with van der Waals surface area (Å²) in [6, 6.07) is 15.3. The Morgan fingerprint density at radius 3 is 2.69 bits per heavy atom. The van der Waals surface area contributed by atoms with Crippen LogP contribution in [0.1, 0.15) is 36.8 Å². The van der Waals surface area contributed by atoms with Crippen molar-refractivity contribution >= 4 is 34.6 Å². The Hall–Kier alpha value is -3.16. The highest BCUT2D eigenvalue weighted by Crippen LogP contribution is 2.31. The molecule has 3 amide bonds. The first kappa shape index (κ1) is 20.7. The van der Waals surface area contributed by atoms with E-state index in [-0.39, 0.29) is 11.9 Å². The van der Waals surface area contributed by atoms with E-state index in [1.54, 1.807) is 11.3 Å². The van der Waals surface area contributed by atoms with Crippen LogP contribution < -0.4 is 10.6 Å². The van der Waals surface area contributed by atoms with E-state index in [1.165, 1.54) is 4.88 Å². The lowest BCUT2D eigenvalue weighted by Crippen LogP contribution is -2.36. The number of urea groups is 1. The maximum Gasteiger partial charge on any atom is 0.323 e. The molecule has 0 radical (unpaired) electrons. The quantitative estimate of drug-likeness (QED) is 0.595. The number of nitrogens with zero attached hydrogens (tertiary/aromatic N) is 1. The Morgan fingerprint density at radius 1 is 1.03 bits per heavy atom. The van der Waals surface area contributed by atoms with Crippen LogP contribution in [0, 0.1) is 6.92 Å². The van der Waals surface area contributed by atoms with E-state index in [0.717, 1.165) is 51.5 Å². The number of anilines is 2. The lowest BCUT2D eigenvalue weighted by Gasteiger charge is -2.30. The van der Waals surface area contributed by atoms with E-state index in [4.69, 9.17) is 4.74 Å². The number of rotatable bonds is 3. The molecule has 3 heterocycles. The number of aryl methyl sites for hydroxylation is 1. The largest absolute Gasteiger partial charge is 0.376 e. The molecule has 0 spiro atoms. The van der Waals surface area contributed by atoms with Crippen LogP contribution in [0.5, 0.6) is 0 Å². The third kappa shape index (κ3) is 4.26. The van der Waals surface area contributed by atoms with E-state index in [1.807, 2.05) is 60.4 Å². The molecule has 32 heavy (non-hydrogen) atoms. The third-order valence-corrected chi connectivity index (χ3v) is 7.17. The standard InChI is InChI=1S/C25H25N3O3S/c1-16-5-7-19(8-6-16)26-25(30)27-21-4-2-3-17-14-28(11-9-20(17)21)24(29)23-13-18-15-31-12-10-22(18)32-23/h2-8,13H,9-12,14-15H2,1H3,(H2,26,27,30). The second-order valence-electron chi connectivity index (χ2n) is 8.23. The van der Waals surface area contributed by atoms with Gasteiger partial charge in [-0.2, -0.15) is 0 Å². The third-order valence-electron chi connectivity index (χ3n) is 5.95. The van der Waals surface area contributed by atoms with E-state index < -0.39 is 0 Å². The minimum Gasteiger partial charge on any atom is -0.376 e. The summed E-state index contributed by atoms with van der Waals surface area (Å²) in [5, 5.41) is 5.85. The number of thiophene rings is 1. The fourth-order valence-corrected chi connectivity index (χ4v) is 5.35. The average Bonchev–Trinajstić information content (AvgIpc) is 3.24. The molecule has 0 unspecified atom stereocenters. The van der Waals surface area contributed by atoms with Gasteiger partial charge in [0.25, 0.3) is 5.91 Å². The number of hydrogen-bond donors (Lipinski definition) is 2. The van der Waals surface area contributed by atoms with Gasteiger partial charge in [0.15, 0.2) is 0 Å². The van der Waals surface area contributed by atoms with E-state index in [0.29, 0.717) is 26.1 Å².